The number of nitrogens with one attached hydrogen (secondary N) is 2. The number of thioether (sulfide) groups is 1. The molecule has 2 aromatic heterocycles. The van der Waals surface area contributed by atoms with E-state index in [0.29, 0.717) is 17.6 Å². The van der Waals surface area contributed by atoms with Crippen molar-refractivity contribution >= 4 is 29.6 Å². The van der Waals surface area contributed by atoms with E-state index in [0.717, 1.165) is 37.6 Å². The van der Waals surface area contributed by atoms with Crippen molar-refractivity contribution in [2.24, 2.45) is 5.92 Å². The lowest BCUT2D eigenvalue weighted by Crippen LogP contribution is -2.43. The summed E-state index contributed by atoms with van der Waals surface area (Å²) in [7, 11) is 0. The number of aromatic nitrogens is 3. The summed E-state index contributed by atoms with van der Waals surface area (Å²) in [5, 5.41) is 14.3. The van der Waals surface area contributed by atoms with Gasteiger partial charge in [-0.25, -0.2) is 4.79 Å². The number of amides is 3. The zero-order valence-corrected chi connectivity index (χ0v) is 17.9. The molecule has 3 rings (SSSR count). The van der Waals surface area contributed by atoms with E-state index in [2.05, 4.69) is 32.7 Å². The number of hydrogen-bond donors (Lipinski definition) is 2. The van der Waals surface area contributed by atoms with Gasteiger partial charge in [-0.15, -0.1) is 10.2 Å². The maximum atomic E-state index is 12.1. The minimum Gasteiger partial charge on any atom is -0.467 e. The smallest absolute Gasteiger partial charge is 0.321 e. The Hall–Kier alpha value is -2.49. The highest BCUT2D eigenvalue weighted by Gasteiger charge is 2.24. The molecule has 0 saturated carbocycles. The molecule has 2 aromatic rings. The van der Waals surface area contributed by atoms with Gasteiger partial charge in [0.25, 0.3) is 0 Å². The number of nitrogens with zero attached hydrogens (tertiary/aromatic N) is 4. The van der Waals surface area contributed by atoms with E-state index in [9.17, 15) is 9.59 Å². The van der Waals surface area contributed by atoms with Gasteiger partial charge in [0.1, 0.15) is 5.76 Å². The third-order valence-corrected chi connectivity index (χ3v) is 5.63. The topological polar surface area (TPSA) is 105 Å². The first kappa shape index (κ1) is 21.2. The van der Waals surface area contributed by atoms with Crippen LogP contribution in [-0.2, 0) is 11.3 Å². The Morgan fingerprint density at radius 2 is 2.07 bits per heavy atom. The fourth-order valence-electron chi connectivity index (χ4n) is 3.12. The molecule has 1 fully saturated rings. The molecule has 10 heteroatoms. The van der Waals surface area contributed by atoms with Crippen LogP contribution >= 0.6 is 11.8 Å². The molecule has 0 atom stereocenters. The molecule has 0 radical (unpaired) electrons. The predicted octanol–water partition coefficient (Wildman–Crippen LogP) is 2.48. The number of furan rings is 1. The Labute approximate surface area is 174 Å². The monoisotopic (exact) mass is 420 g/mol. The Kier molecular flexibility index (Phi) is 7.18. The number of rotatable bonds is 7. The lowest BCUT2D eigenvalue weighted by Gasteiger charge is -2.31. The van der Waals surface area contributed by atoms with Crippen LogP contribution in [-0.4, -0.2) is 51.6 Å². The maximum absolute atomic E-state index is 12.1. The van der Waals surface area contributed by atoms with Crippen LogP contribution in [0, 0.1) is 5.92 Å². The van der Waals surface area contributed by atoms with E-state index in [1.807, 2.05) is 30.5 Å². The van der Waals surface area contributed by atoms with Crippen LogP contribution in [0.3, 0.4) is 0 Å². The normalized spacial score (nSPS) is 15.0. The summed E-state index contributed by atoms with van der Waals surface area (Å²) in [6.45, 7) is 8.27. The molecule has 29 heavy (non-hydrogen) atoms. The SMILES string of the molecule is CC1CCN(c2nnc(SCC(=O)NC(=O)NC(C)C)n2Cc2ccco2)CC1. The summed E-state index contributed by atoms with van der Waals surface area (Å²) < 4.78 is 7.47. The molecule has 3 amide bonds. The van der Waals surface area contributed by atoms with E-state index < -0.39 is 6.03 Å². The second-order valence-corrected chi connectivity index (χ2v) is 8.53. The van der Waals surface area contributed by atoms with Crippen molar-refractivity contribution in [2.75, 3.05) is 23.7 Å². The second-order valence-electron chi connectivity index (χ2n) is 7.58. The molecule has 0 bridgehead atoms. The van der Waals surface area contributed by atoms with Gasteiger partial charge in [-0.3, -0.25) is 14.7 Å². The van der Waals surface area contributed by atoms with Gasteiger partial charge in [0.2, 0.25) is 11.9 Å². The molecule has 2 N–H and O–H groups in total. The fourth-order valence-corrected chi connectivity index (χ4v) is 3.85. The molecule has 1 aliphatic rings. The van der Waals surface area contributed by atoms with Gasteiger partial charge in [0, 0.05) is 19.1 Å². The van der Waals surface area contributed by atoms with Crippen molar-refractivity contribution < 1.29 is 14.0 Å². The Balaban J connectivity index is 1.69. The van der Waals surface area contributed by atoms with Gasteiger partial charge in [0.05, 0.1) is 18.6 Å². The summed E-state index contributed by atoms with van der Waals surface area (Å²) in [4.78, 5) is 26.0. The van der Waals surface area contributed by atoms with Crippen LogP contribution in [0.4, 0.5) is 10.7 Å². The van der Waals surface area contributed by atoms with Crippen LogP contribution in [0.1, 0.15) is 39.4 Å². The summed E-state index contributed by atoms with van der Waals surface area (Å²) in [5.74, 6) is 1.97. The Bertz CT molecular complexity index is 812. The van der Waals surface area contributed by atoms with Crippen molar-refractivity contribution in [3.8, 4) is 0 Å². The molecular formula is C19H28N6O3S. The molecule has 158 valence electrons. The van der Waals surface area contributed by atoms with Crippen LogP contribution in [0.5, 0.6) is 0 Å². The minimum absolute atomic E-state index is 0.0401. The average molecular weight is 421 g/mol. The van der Waals surface area contributed by atoms with E-state index in [1.165, 1.54) is 11.8 Å². The standard InChI is InChI=1S/C19H28N6O3S/c1-13(2)20-17(27)21-16(26)12-29-19-23-22-18(24-8-6-14(3)7-9-24)25(19)11-15-5-4-10-28-15/h4-5,10,13-14H,6-9,11-12H2,1-3H3,(H2,20,21,26,27). The molecule has 0 unspecified atom stereocenters. The van der Waals surface area contributed by atoms with E-state index in [4.69, 9.17) is 4.42 Å². The number of urea groups is 1. The summed E-state index contributed by atoms with van der Waals surface area (Å²) in [5.41, 5.74) is 0. The molecular weight excluding hydrogens is 392 g/mol. The summed E-state index contributed by atoms with van der Waals surface area (Å²) >= 11 is 1.25. The average Bonchev–Trinajstić information content (AvgIpc) is 3.30. The third kappa shape index (κ3) is 5.99. The lowest BCUT2D eigenvalue weighted by atomic mass is 10.00. The van der Waals surface area contributed by atoms with Crippen LogP contribution in [0.25, 0.3) is 0 Å². The van der Waals surface area contributed by atoms with Gasteiger partial charge in [0.15, 0.2) is 5.16 Å². The number of carbonyl (C=O) groups excluding carboxylic acids is 2. The molecule has 1 aliphatic heterocycles. The van der Waals surface area contributed by atoms with Crippen molar-refractivity contribution in [1.82, 2.24) is 25.4 Å². The zero-order valence-electron chi connectivity index (χ0n) is 17.1. The number of carbonyl (C=O) groups is 2. The molecule has 0 aromatic carbocycles. The molecule has 3 heterocycles. The fraction of sp³-hybridized carbons (Fsp3) is 0.579. The predicted molar refractivity (Wildman–Crippen MR) is 111 cm³/mol. The van der Waals surface area contributed by atoms with E-state index >= 15 is 0 Å². The highest BCUT2D eigenvalue weighted by Crippen LogP contribution is 2.27. The first-order chi connectivity index (χ1) is 13.9. The first-order valence-corrected chi connectivity index (χ1v) is 10.8. The molecule has 1 saturated heterocycles. The van der Waals surface area contributed by atoms with Crippen molar-refractivity contribution in [2.45, 2.75) is 51.4 Å². The highest BCUT2D eigenvalue weighted by atomic mass is 32.2. The Morgan fingerprint density at radius 3 is 2.72 bits per heavy atom. The number of hydrogen-bond acceptors (Lipinski definition) is 7. The molecule has 9 nitrogen and oxygen atoms in total. The van der Waals surface area contributed by atoms with Gasteiger partial charge >= 0.3 is 6.03 Å². The highest BCUT2D eigenvalue weighted by molar-refractivity contribution is 7.99. The zero-order chi connectivity index (χ0) is 20.8. The van der Waals surface area contributed by atoms with Gasteiger partial charge in [-0.1, -0.05) is 18.7 Å². The van der Waals surface area contributed by atoms with Crippen LogP contribution < -0.4 is 15.5 Å². The summed E-state index contributed by atoms with van der Waals surface area (Å²) in [6, 6.07) is 3.21. The number of piperidine rings is 1. The quantitative estimate of drug-likeness (QED) is 0.663. The molecule has 0 spiro atoms. The van der Waals surface area contributed by atoms with Crippen molar-refractivity contribution in [3.63, 3.8) is 0 Å². The number of imide groups is 1. The second kappa shape index (κ2) is 9.82. The van der Waals surface area contributed by atoms with Gasteiger partial charge in [-0.05, 0) is 44.7 Å². The largest absolute Gasteiger partial charge is 0.467 e. The Morgan fingerprint density at radius 1 is 1.31 bits per heavy atom. The van der Waals surface area contributed by atoms with Crippen LogP contribution in [0.15, 0.2) is 28.0 Å². The minimum atomic E-state index is -0.495. The van der Waals surface area contributed by atoms with Crippen molar-refractivity contribution in [3.05, 3.63) is 24.2 Å². The lowest BCUT2D eigenvalue weighted by molar-refractivity contribution is -0.117. The third-order valence-electron chi connectivity index (χ3n) is 4.66. The summed E-state index contributed by atoms with van der Waals surface area (Å²) in [6.07, 6.45) is 3.86. The van der Waals surface area contributed by atoms with Gasteiger partial charge in [-0.2, -0.15) is 0 Å². The van der Waals surface area contributed by atoms with E-state index in [1.54, 1.807) is 6.26 Å². The maximum Gasteiger partial charge on any atom is 0.321 e. The first-order valence-electron chi connectivity index (χ1n) is 9.86. The van der Waals surface area contributed by atoms with E-state index in [-0.39, 0.29) is 17.7 Å². The number of anilines is 1. The van der Waals surface area contributed by atoms with Crippen LogP contribution in [0.2, 0.25) is 0 Å². The van der Waals surface area contributed by atoms with Gasteiger partial charge < -0.3 is 14.6 Å². The van der Waals surface area contributed by atoms with Crippen molar-refractivity contribution in [1.29, 1.82) is 0 Å². The molecule has 0 aliphatic carbocycles.